The van der Waals surface area contributed by atoms with Gasteiger partial charge in [-0.2, -0.15) is 0 Å². The fourth-order valence-corrected chi connectivity index (χ4v) is 5.82. The number of nitrogens with zero attached hydrogens (tertiary/aromatic N) is 1. The van der Waals surface area contributed by atoms with Crippen molar-refractivity contribution in [1.82, 2.24) is 0 Å². The Balaban J connectivity index is 2.10. The van der Waals surface area contributed by atoms with Crippen LogP contribution in [0.5, 0.6) is 17.2 Å². The van der Waals surface area contributed by atoms with Gasteiger partial charge in [-0.1, -0.05) is 83.4 Å². The number of methoxy groups -OCH3 is 2. The van der Waals surface area contributed by atoms with E-state index in [1.807, 2.05) is 37.5 Å². The highest BCUT2D eigenvalue weighted by Gasteiger charge is 2.33. The van der Waals surface area contributed by atoms with Crippen molar-refractivity contribution in [3.8, 4) is 17.2 Å². The van der Waals surface area contributed by atoms with Crippen LogP contribution in [0.4, 0.5) is 0 Å². The Morgan fingerprint density at radius 2 is 1.70 bits per heavy atom. The zero-order valence-electron chi connectivity index (χ0n) is 20.2. The van der Waals surface area contributed by atoms with Gasteiger partial charge in [0.25, 0.3) is 0 Å². The molecule has 4 nitrogen and oxygen atoms in total. The van der Waals surface area contributed by atoms with Crippen molar-refractivity contribution >= 4 is 20.1 Å². The number of benzene rings is 3. The van der Waals surface area contributed by atoms with E-state index in [1.165, 1.54) is 5.30 Å². The van der Waals surface area contributed by atoms with E-state index in [2.05, 4.69) is 61.3 Å². The lowest BCUT2D eigenvalue weighted by Gasteiger charge is -2.33. The predicted octanol–water partition coefficient (Wildman–Crippen LogP) is 6.35. The minimum absolute atomic E-state index is 0.166. The first-order chi connectivity index (χ1) is 16.0. The minimum atomic E-state index is -0.166. The molecule has 0 aromatic heterocycles. The summed E-state index contributed by atoms with van der Waals surface area (Å²) >= 11 is 0. The molecule has 174 valence electrons. The van der Waals surface area contributed by atoms with Crippen molar-refractivity contribution in [3.05, 3.63) is 83.4 Å². The number of rotatable bonds is 11. The smallest absolute Gasteiger partial charge is 0.166 e. The highest BCUT2D eigenvalue weighted by atomic mass is 31.1. The van der Waals surface area contributed by atoms with Gasteiger partial charge >= 0.3 is 0 Å². The van der Waals surface area contributed by atoms with Gasteiger partial charge in [0.15, 0.2) is 11.5 Å². The fraction of sp³-hybridized carbons (Fsp3) is 0.321. The van der Waals surface area contributed by atoms with Crippen molar-refractivity contribution in [1.29, 1.82) is 0 Å². The second-order valence-electron chi connectivity index (χ2n) is 8.16. The van der Waals surface area contributed by atoms with Gasteiger partial charge in [0.05, 0.1) is 14.2 Å². The van der Waals surface area contributed by atoms with Crippen LogP contribution in [0.1, 0.15) is 43.4 Å². The van der Waals surface area contributed by atoms with Crippen molar-refractivity contribution in [2.24, 2.45) is 4.99 Å². The zero-order chi connectivity index (χ0) is 23.7. The Hall–Kier alpha value is -2.84. The minimum Gasteiger partial charge on any atom is -0.497 e. The van der Waals surface area contributed by atoms with Crippen LogP contribution in [0.15, 0.2) is 71.7 Å². The predicted molar refractivity (Wildman–Crippen MR) is 140 cm³/mol. The Bertz CT molecular complexity index is 1070. The van der Waals surface area contributed by atoms with E-state index in [0.29, 0.717) is 20.9 Å². The fourth-order valence-electron chi connectivity index (χ4n) is 4.06. The number of hydrogen-bond donors (Lipinski definition) is 0. The molecule has 0 saturated carbocycles. The van der Waals surface area contributed by atoms with Crippen LogP contribution in [0.2, 0.25) is 0 Å². The maximum absolute atomic E-state index is 6.45. The van der Waals surface area contributed by atoms with E-state index < -0.39 is 0 Å². The van der Waals surface area contributed by atoms with E-state index in [1.54, 1.807) is 14.2 Å². The van der Waals surface area contributed by atoms with E-state index in [4.69, 9.17) is 14.2 Å². The molecule has 0 radical (unpaired) electrons. The molecule has 3 aromatic rings. The largest absolute Gasteiger partial charge is 0.497 e. The summed E-state index contributed by atoms with van der Waals surface area (Å²) in [4.78, 5) is 4.27. The summed E-state index contributed by atoms with van der Waals surface area (Å²) in [6.45, 7) is 5.02. The topological polar surface area (TPSA) is 40.0 Å². The third-order valence-corrected chi connectivity index (χ3v) is 7.49. The van der Waals surface area contributed by atoms with Crippen LogP contribution < -0.4 is 19.5 Å². The normalized spacial score (nSPS) is 13.4. The average molecular weight is 464 g/mol. The molecular weight excluding hydrogens is 429 g/mol. The van der Waals surface area contributed by atoms with Crippen LogP contribution in [-0.2, 0) is 11.8 Å². The average Bonchev–Trinajstić information content (AvgIpc) is 2.84. The van der Waals surface area contributed by atoms with Crippen LogP contribution in [0, 0.1) is 0 Å². The summed E-state index contributed by atoms with van der Waals surface area (Å²) in [7, 11) is 5.71. The molecule has 0 heterocycles. The van der Waals surface area contributed by atoms with Gasteiger partial charge in [-0.05, 0) is 28.9 Å². The third-order valence-electron chi connectivity index (χ3n) is 5.69. The summed E-state index contributed by atoms with van der Waals surface area (Å²) in [6, 6.07) is 22.7. The molecule has 0 saturated heterocycles. The molecule has 0 aliphatic heterocycles. The van der Waals surface area contributed by atoms with Crippen LogP contribution in [0.25, 0.3) is 0 Å². The third kappa shape index (κ3) is 6.15. The lowest BCUT2D eigenvalue weighted by atomic mass is 9.93. The lowest BCUT2D eigenvalue weighted by Crippen LogP contribution is -2.22. The summed E-state index contributed by atoms with van der Waals surface area (Å²) in [5.74, 6) is 2.24. The molecule has 0 aliphatic carbocycles. The summed E-state index contributed by atoms with van der Waals surface area (Å²) in [5, 5.41) is 1.12. The van der Waals surface area contributed by atoms with Crippen molar-refractivity contribution in [3.63, 3.8) is 0 Å². The first kappa shape index (κ1) is 24.8. The molecule has 2 unspecified atom stereocenters. The van der Waals surface area contributed by atoms with Crippen LogP contribution >= 0.6 is 8.58 Å². The summed E-state index contributed by atoms with van der Waals surface area (Å²) in [5.41, 5.74) is 3.38. The first-order valence-corrected chi connectivity index (χ1v) is 12.3. The monoisotopic (exact) mass is 463 g/mol. The number of hydrogen-bond acceptors (Lipinski definition) is 4. The van der Waals surface area contributed by atoms with E-state index in [0.717, 1.165) is 41.0 Å². The molecule has 2 atom stereocenters. The van der Waals surface area contributed by atoms with E-state index in [9.17, 15) is 0 Å². The molecule has 0 N–H and O–H groups in total. The quantitative estimate of drug-likeness (QED) is 0.246. The number of aliphatic imine (C=N–C) groups is 1. The molecule has 3 aromatic carbocycles. The highest BCUT2D eigenvalue weighted by molar-refractivity contribution is 7.48. The standard InChI is InChI=1S/C28H34NO3P/c1-6-16-28(2,33-26-15-11-10-14-22(26)19-29-3)24-17-23(30-4)18-25(31-5)27(24)32-20-21-12-8-7-9-13-21/h7-15,17-19,33H,6,16,20H2,1-5H3. The van der Waals surface area contributed by atoms with Gasteiger partial charge in [0.2, 0.25) is 0 Å². The molecular formula is C28H34NO3P. The van der Waals surface area contributed by atoms with Crippen LogP contribution in [0.3, 0.4) is 0 Å². The molecule has 0 bridgehead atoms. The summed E-state index contributed by atoms with van der Waals surface area (Å²) < 4.78 is 17.9. The lowest BCUT2D eigenvalue weighted by molar-refractivity contribution is 0.276. The number of ether oxygens (including phenoxy) is 3. The molecule has 0 spiro atoms. The van der Waals surface area contributed by atoms with Gasteiger partial charge in [-0.15, -0.1) is 0 Å². The van der Waals surface area contributed by atoms with Gasteiger partial charge in [-0.3, -0.25) is 4.99 Å². The molecule has 5 heteroatoms. The van der Waals surface area contributed by atoms with Crippen molar-refractivity contribution in [2.75, 3.05) is 21.3 Å². The molecule has 33 heavy (non-hydrogen) atoms. The van der Waals surface area contributed by atoms with E-state index >= 15 is 0 Å². The Morgan fingerprint density at radius 3 is 2.36 bits per heavy atom. The SMILES string of the molecule is CCCC(C)(Pc1ccccc1C=NC)c1cc(OC)cc(OC)c1OCc1ccccc1. The van der Waals surface area contributed by atoms with Crippen LogP contribution in [-0.4, -0.2) is 27.5 Å². The summed E-state index contributed by atoms with van der Waals surface area (Å²) in [6.07, 6.45) is 3.99. The maximum Gasteiger partial charge on any atom is 0.166 e. The first-order valence-electron chi connectivity index (χ1n) is 11.3. The van der Waals surface area contributed by atoms with Crippen molar-refractivity contribution in [2.45, 2.75) is 38.5 Å². The van der Waals surface area contributed by atoms with Crippen molar-refractivity contribution < 1.29 is 14.2 Å². The molecule has 0 aliphatic rings. The zero-order valence-corrected chi connectivity index (χ0v) is 21.2. The highest BCUT2D eigenvalue weighted by Crippen LogP contribution is 2.52. The Kier molecular flexibility index (Phi) is 8.91. The van der Waals surface area contributed by atoms with E-state index in [-0.39, 0.29) is 5.16 Å². The van der Waals surface area contributed by atoms with Gasteiger partial charge < -0.3 is 14.2 Å². The maximum atomic E-state index is 6.45. The molecule has 0 fully saturated rings. The Labute approximate surface area is 199 Å². The van der Waals surface area contributed by atoms with Gasteiger partial charge in [-0.25, -0.2) is 0 Å². The molecule has 0 amide bonds. The van der Waals surface area contributed by atoms with Gasteiger partial charge in [0, 0.05) is 30.0 Å². The molecule has 3 rings (SSSR count). The Morgan fingerprint density at radius 1 is 0.970 bits per heavy atom. The second kappa shape index (κ2) is 11.9. The second-order valence-corrected chi connectivity index (χ2v) is 10.1. The van der Waals surface area contributed by atoms with Gasteiger partial charge in [0.1, 0.15) is 12.4 Å².